The van der Waals surface area contributed by atoms with Gasteiger partial charge in [0.25, 0.3) is 0 Å². The summed E-state index contributed by atoms with van der Waals surface area (Å²) in [6.45, 7) is 6.98. The van der Waals surface area contributed by atoms with Crippen molar-refractivity contribution in [2.24, 2.45) is 11.5 Å². The number of ether oxygens (including phenoxy) is 2. The van der Waals surface area contributed by atoms with Crippen LogP contribution in [0.3, 0.4) is 0 Å². The summed E-state index contributed by atoms with van der Waals surface area (Å²) in [5, 5.41) is 18.7. The van der Waals surface area contributed by atoms with Crippen molar-refractivity contribution in [2.45, 2.75) is 70.3 Å². The van der Waals surface area contributed by atoms with Crippen LogP contribution in [0.1, 0.15) is 91.9 Å². The van der Waals surface area contributed by atoms with Gasteiger partial charge in [0, 0.05) is 77.2 Å². The molecule has 0 amide bonds. The Morgan fingerprint density at radius 2 is 0.780 bits per heavy atom. The Morgan fingerprint density at radius 1 is 0.463 bits per heavy atom. The van der Waals surface area contributed by atoms with Gasteiger partial charge < -0.3 is 31.2 Å². The molecule has 82 heavy (non-hydrogen) atoms. The molecular formula is C64H55Cl3F6N2O7. The maximum Gasteiger partial charge on any atom is 0.426 e. The molecule has 0 aromatic heterocycles. The SMILES string of the molecule is C[C@@H](N)c1ccccc1.C[C@@H](N)c1ccccc1.Cc1cc(Cl)c2c(c1)C(=O)c1ccccc1-2.Cc1cc(Cl)c2c(c1)C(OCC(=O)O)(C(F)(F)F)c1ccccc1-2.Cc1cc(Cl)c2c(c1)[C@@](OCC(=O)O)(C(F)(F)F)c1ccccc1-2. The minimum absolute atomic E-state index is 0.0798. The van der Waals surface area contributed by atoms with Gasteiger partial charge in [0.1, 0.15) is 13.2 Å². The molecule has 6 N–H and O–H groups in total. The van der Waals surface area contributed by atoms with Crippen LogP contribution in [0.25, 0.3) is 33.4 Å². The van der Waals surface area contributed by atoms with E-state index in [1.54, 1.807) is 38.1 Å². The van der Waals surface area contributed by atoms with Crippen molar-refractivity contribution in [2.75, 3.05) is 13.2 Å². The predicted molar refractivity (Wildman–Crippen MR) is 307 cm³/mol. The highest BCUT2D eigenvalue weighted by Crippen LogP contribution is 2.60. The second-order valence-electron chi connectivity index (χ2n) is 19.6. The van der Waals surface area contributed by atoms with Crippen LogP contribution >= 0.6 is 34.8 Å². The second kappa shape index (κ2) is 25.4. The zero-order valence-electron chi connectivity index (χ0n) is 44.7. The predicted octanol–water partition coefficient (Wildman–Crippen LogP) is 16.3. The monoisotopic (exact) mass is 1180 g/mol. The molecule has 0 bridgehead atoms. The third kappa shape index (κ3) is 12.7. The fourth-order valence-electron chi connectivity index (χ4n) is 10.1. The number of fused-ring (bicyclic) bond motifs is 9. The number of carboxylic acid groups (broad SMARTS) is 2. The Kier molecular flexibility index (Phi) is 19.3. The molecule has 1 unspecified atom stereocenters. The molecule has 11 rings (SSSR count). The molecule has 0 radical (unpaired) electrons. The van der Waals surface area contributed by atoms with Crippen molar-refractivity contribution < 1.29 is 60.4 Å². The summed E-state index contributed by atoms with van der Waals surface area (Å²) in [6.07, 6.45) is -9.72. The molecule has 18 heteroatoms. The second-order valence-corrected chi connectivity index (χ2v) is 20.8. The molecule has 3 aliphatic rings. The molecule has 0 aliphatic heterocycles. The minimum atomic E-state index is -4.86. The van der Waals surface area contributed by atoms with Crippen LogP contribution in [0.15, 0.2) is 170 Å². The quantitative estimate of drug-likeness (QED) is 0.109. The van der Waals surface area contributed by atoms with E-state index in [1.165, 1.54) is 59.7 Å². The Balaban J connectivity index is 0.000000156. The first-order chi connectivity index (χ1) is 38.7. The van der Waals surface area contributed by atoms with Crippen molar-refractivity contribution in [3.05, 3.63) is 246 Å². The standard InChI is InChI=1S/2C17H12ClF3O3.C14H9ClO.2C8H11N/c2*1-9-6-12-15(13(18)7-9)10-4-2-3-5-11(10)16(12,17(19,20)21)24-8-14(22)23;1-8-6-11-13(12(15)7-8)9-4-2-3-5-10(9)14(11)16;2*1-7(9)8-5-3-2-4-6-8/h2*2-7H,8H2,1H3,(H,22,23);2-7H,1H3;2*2-7H,9H2,1H3/t16-;;;2*7-/m1..11/s1. The number of carboxylic acids is 2. The summed E-state index contributed by atoms with van der Waals surface area (Å²) in [6, 6.07) is 49.4. The van der Waals surface area contributed by atoms with Gasteiger partial charge in [-0.3, -0.25) is 4.79 Å². The van der Waals surface area contributed by atoms with Gasteiger partial charge in [0.05, 0.1) is 0 Å². The Morgan fingerprint density at radius 3 is 1.12 bits per heavy atom. The average Bonchev–Trinajstić information content (AvgIpc) is 2.24. The van der Waals surface area contributed by atoms with Gasteiger partial charge in [-0.1, -0.05) is 180 Å². The van der Waals surface area contributed by atoms with Crippen molar-refractivity contribution in [3.8, 4) is 33.4 Å². The van der Waals surface area contributed by atoms with Gasteiger partial charge in [0.15, 0.2) is 5.78 Å². The lowest BCUT2D eigenvalue weighted by atomic mass is 9.89. The van der Waals surface area contributed by atoms with Crippen LogP contribution in [0.2, 0.25) is 15.1 Å². The number of carbonyl (C=O) groups excluding carboxylic acids is 1. The molecule has 0 saturated carbocycles. The largest absolute Gasteiger partial charge is 0.480 e. The topological polar surface area (TPSA) is 162 Å². The molecule has 8 aromatic rings. The lowest BCUT2D eigenvalue weighted by Gasteiger charge is -2.33. The van der Waals surface area contributed by atoms with Crippen molar-refractivity contribution in [3.63, 3.8) is 0 Å². The number of aliphatic carboxylic acids is 2. The molecule has 0 spiro atoms. The average molecular weight is 1180 g/mol. The number of carbonyl (C=O) groups is 3. The third-order valence-electron chi connectivity index (χ3n) is 13.6. The van der Waals surface area contributed by atoms with Crippen LogP contribution in [-0.2, 0) is 30.3 Å². The van der Waals surface area contributed by atoms with E-state index in [0.717, 1.165) is 27.8 Å². The number of ketones is 1. The zero-order chi connectivity index (χ0) is 60.1. The number of benzene rings is 8. The number of hydrogen-bond acceptors (Lipinski definition) is 7. The summed E-state index contributed by atoms with van der Waals surface area (Å²) in [4.78, 5) is 33.9. The highest BCUT2D eigenvalue weighted by Gasteiger charge is 2.65. The number of alkyl halides is 6. The lowest BCUT2D eigenvalue weighted by molar-refractivity contribution is -0.265. The van der Waals surface area contributed by atoms with Gasteiger partial charge in [-0.05, 0) is 103 Å². The fourth-order valence-corrected chi connectivity index (χ4v) is 11.2. The number of aryl methyl sites for hydroxylation is 3. The summed E-state index contributed by atoms with van der Waals surface area (Å²) >= 11 is 18.6. The van der Waals surface area contributed by atoms with Crippen LogP contribution in [0, 0.1) is 20.8 Å². The summed E-state index contributed by atoms with van der Waals surface area (Å²) in [5.41, 5.74) is 13.7. The van der Waals surface area contributed by atoms with Gasteiger partial charge >= 0.3 is 24.3 Å². The van der Waals surface area contributed by atoms with Crippen molar-refractivity contribution in [1.82, 2.24) is 0 Å². The smallest absolute Gasteiger partial charge is 0.426 e. The molecule has 0 heterocycles. The molecular weight excluding hydrogens is 1130 g/mol. The molecule has 3 aliphatic carbocycles. The van der Waals surface area contributed by atoms with E-state index in [4.69, 9.17) is 66.0 Å². The van der Waals surface area contributed by atoms with Gasteiger partial charge in [0.2, 0.25) is 11.2 Å². The first kappa shape index (κ1) is 62.3. The van der Waals surface area contributed by atoms with E-state index in [2.05, 4.69) is 0 Å². The van der Waals surface area contributed by atoms with Gasteiger partial charge in [-0.2, -0.15) is 26.3 Å². The molecule has 0 fully saturated rings. The molecule has 426 valence electrons. The van der Waals surface area contributed by atoms with Gasteiger partial charge in [-0.25, -0.2) is 9.59 Å². The van der Waals surface area contributed by atoms with E-state index in [1.807, 2.05) is 118 Å². The van der Waals surface area contributed by atoms with Crippen LogP contribution < -0.4 is 11.5 Å². The lowest BCUT2D eigenvalue weighted by Crippen LogP contribution is -2.45. The first-order valence-electron chi connectivity index (χ1n) is 25.4. The Labute approximate surface area is 485 Å². The summed E-state index contributed by atoms with van der Waals surface area (Å²) < 4.78 is 94.7. The van der Waals surface area contributed by atoms with E-state index >= 15 is 0 Å². The van der Waals surface area contributed by atoms with Gasteiger partial charge in [-0.15, -0.1) is 0 Å². The maximum absolute atomic E-state index is 14.1. The number of rotatable bonds is 8. The highest BCUT2D eigenvalue weighted by atomic mass is 35.5. The highest BCUT2D eigenvalue weighted by molar-refractivity contribution is 6.37. The van der Waals surface area contributed by atoms with E-state index in [9.17, 15) is 40.7 Å². The molecule has 9 nitrogen and oxygen atoms in total. The first-order valence-corrected chi connectivity index (χ1v) is 26.5. The number of hydrogen-bond donors (Lipinski definition) is 4. The van der Waals surface area contributed by atoms with E-state index < -0.39 is 48.7 Å². The summed E-state index contributed by atoms with van der Waals surface area (Å²) in [7, 11) is 0. The third-order valence-corrected chi connectivity index (χ3v) is 14.5. The van der Waals surface area contributed by atoms with Crippen LogP contribution in [0.5, 0.6) is 0 Å². The normalized spacial score (nSPS) is 16.5. The van der Waals surface area contributed by atoms with Crippen LogP contribution in [0.4, 0.5) is 26.3 Å². The number of nitrogens with two attached hydrogens (primary N) is 2. The Hall–Kier alpha value is -7.34. The molecule has 8 aromatic carbocycles. The summed E-state index contributed by atoms with van der Waals surface area (Å²) in [5.74, 6) is -2.89. The maximum atomic E-state index is 14.1. The van der Waals surface area contributed by atoms with Crippen molar-refractivity contribution in [1.29, 1.82) is 0 Å². The fraction of sp³-hybridized carbons (Fsp3) is 0.203. The van der Waals surface area contributed by atoms with Crippen LogP contribution in [-0.4, -0.2) is 53.5 Å². The Bertz CT molecular complexity index is 3470. The number of halogens is 9. The molecule has 0 saturated heterocycles. The van der Waals surface area contributed by atoms with E-state index in [0.29, 0.717) is 27.3 Å². The van der Waals surface area contributed by atoms with Crippen molar-refractivity contribution >= 4 is 52.5 Å². The zero-order valence-corrected chi connectivity index (χ0v) is 47.0. The van der Waals surface area contributed by atoms with E-state index in [-0.39, 0.29) is 61.3 Å². The molecule has 4 atom stereocenters. The minimum Gasteiger partial charge on any atom is -0.480 e.